The first-order chi connectivity index (χ1) is 13.7. The molecule has 0 aliphatic rings. The number of aliphatic hydroxyl groups excluding tert-OH is 1. The average molecular weight is 374 g/mol. The average Bonchev–Trinajstić information content (AvgIpc) is 3.03. The van der Waals surface area contributed by atoms with E-state index in [-0.39, 0.29) is 12.2 Å². The molecule has 2 aromatic heterocycles. The summed E-state index contributed by atoms with van der Waals surface area (Å²) in [6, 6.07) is 15.7. The summed E-state index contributed by atoms with van der Waals surface area (Å²) in [4.78, 5) is 25.1. The van der Waals surface area contributed by atoms with Crippen LogP contribution in [-0.2, 0) is 6.54 Å². The van der Waals surface area contributed by atoms with Gasteiger partial charge in [0, 0.05) is 47.3 Å². The third-order valence-electron chi connectivity index (χ3n) is 4.82. The fourth-order valence-electron chi connectivity index (χ4n) is 3.41. The maximum absolute atomic E-state index is 12.5. The maximum atomic E-state index is 12.5. The second kappa shape index (κ2) is 7.80. The van der Waals surface area contributed by atoms with Gasteiger partial charge in [0.15, 0.2) is 0 Å². The van der Waals surface area contributed by atoms with Crippen LogP contribution in [0.3, 0.4) is 0 Å². The Labute approximate surface area is 162 Å². The Morgan fingerprint density at radius 3 is 2.68 bits per heavy atom. The Hall–Kier alpha value is -3.22. The van der Waals surface area contributed by atoms with Crippen molar-refractivity contribution >= 4 is 33.7 Å². The highest BCUT2D eigenvalue weighted by atomic mass is 16.3. The number of H-pyrrole nitrogens is 2. The van der Waals surface area contributed by atoms with E-state index < -0.39 is 0 Å². The molecule has 0 radical (unpaired) electrons. The van der Waals surface area contributed by atoms with Gasteiger partial charge in [-0.15, -0.1) is 0 Å². The van der Waals surface area contributed by atoms with Gasteiger partial charge in [-0.25, -0.2) is 0 Å². The molecular formula is C22H22N4O2. The Balaban J connectivity index is 1.65. The molecule has 2 heterocycles. The van der Waals surface area contributed by atoms with Crippen molar-refractivity contribution in [1.29, 1.82) is 0 Å². The Bertz CT molecular complexity index is 1190. The van der Waals surface area contributed by atoms with E-state index in [0.717, 1.165) is 39.6 Å². The minimum Gasteiger partial charge on any atom is -0.395 e. The Morgan fingerprint density at radius 1 is 1.11 bits per heavy atom. The van der Waals surface area contributed by atoms with Crippen LogP contribution in [-0.4, -0.2) is 46.4 Å². The number of aromatic nitrogens is 2. The normalized spacial score (nSPS) is 12.0. The molecule has 2 aromatic carbocycles. The van der Waals surface area contributed by atoms with Crippen LogP contribution in [0.2, 0.25) is 0 Å². The standard InChI is InChI=1S/C22H22N4O2/c1-26(11-12-27)14-15-4-6-16(7-5-15)24-13-18-21-17-3-2-10-23-19(17)8-9-20(21)25-22(18)28/h2-10,13,23,27H,11-12,14H2,1H3,(H,25,28). The summed E-state index contributed by atoms with van der Waals surface area (Å²) in [5.74, 6) is 0. The lowest BCUT2D eigenvalue weighted by atomic mass is 10.1. The van der Waals surface area contributed by atoms with E-state index in [1.807, 2.05) is 61.8 Å². The van der Waals surface area contributed by atoms with E-state index in [0.29, 0.717) is 12.1 Å². The molecule has 3 N–H and O–H groups in total. The molecular weight excluding hydrogens is 352 g/mol. The molecule has 0 atom stereocenters. The van der Waals surface area contributed by atoms with Gasteiger partial charge >= 0.3 is 0 Å². The number of benzene rings is 2. The second-order valence-corrected chi connectivity index (χ2v) is 6.87. The van der Waals surface area contributed by atoms with E-state index in [4.69, 9.17) is 5.11 Å². The molecule has 28 heavy (non-hydrogen) atoms. The van der Waals surface area contributed by atoms with Crippen molar-refractivity contribution in [2.45, 2.75) is 6.54 Å². The van der Waals surface area contributed by atoms with Crippen molar-refractivity contribution < 1.29 is 5.11 Å². The monoisotopic (exact) mass is 374 g/mol. The van der Waals surface area contributed by atoms with Crippen molar-refractivity contribution in [3.8, 4) is 0 Å². The molecule has 0 fully saturated rings. The highest BCUT2D eigenvalue weighted by molar-refractivity contribution is 6.13. The number of nitrogens with one attached hydrogen (secondary N) is 2. The van der Waals surface area contributed by atoms with Gasteiger partial charge in [-0.3, -0.25) is 14.7 Å². The van der Waals surface area contributed by atoms with Crippen molar-refractivity contribution in [3.63, 3.8) is 0 Å². The lowest BCUT2D eigenvalue weighted by Gasteiger charge is -2.14. The van der Waals surface area contributed by atoms with E-state index in [1.165, 1.54) is 0 Å². The summed E-state index contributed by atoms with van der Waals surface area (Å²) in [6.45, 7) is 1.55. The zero-order chi connectivity index (χ0) is 19.5. The second-order valence-electron chi connectivity index (χ2n) is 6.87. The first-order valence-corrected chi connectivity index (χ1v) is 9.20. The SMILES string of the molecule is CN(CCO)Cc1ccc(N=Cc2c(=O)[nH]c3ccc4[nH]cccc4c23)cc1. The fourth-order valence-corrected chi connectivity index (χ4v) is 3.41. The summed E-state index contributed by atoms with van der Waals surface area (Å²) in [5, 5.41) is 10.9. The number of nitrogens with zero attached hydrogens (tertiary/aromatic N) is 2. The van der Waals surface area contributed by atoms with Crippen LogP contribution in [0.4, 0.5) is 5.69 Å². The van der Waals surface area contributed by atoms with Crippen molar-refractivity contribution in [2.24, 2.45) is 4.99 Å². The number of likely N-dealkylation sites (N-methyl/N-ethyl adjacent to an activating group) is 1. The van der Waals surface area contributed by atoms with Crippen LogP contribution >= 0.6 is 0 Å². The smallest absolute Gasteiger partial charge is 0.257 e. The molecule has 6 heteroatoms. The van der Waals surface area contributed by atoms with Gasteiger partial charge in [0.2, 0.25) is 0 Å². The van der Waals surface area contributed by atoms with Crippen molar-refractivity contribution in [2.75, 3.05) is 20.2 Å². The molecule has 0 bridgehead atoms. The number of pyridine rings is 1. The van der Waals surface area contributed by atoms with Crippen LogP contribution in [0.5, 0.6) is 0 Å². The minimum absolute atomic E-state index is 0.141. The molecule has 0 spiro atoms. The van der Waals surface area contributed by atoms with Crippen LogP contribution in [0.1, 0.15) is 11.1 Å². The largest absolute Gasteiger partial charge is 0.395 e. The number of fused-ring (bicyclic) bond motifs is 3. The Morgan fingerprint density at radius 2 is 1.89 bits per heavy atom. The molecule has 0 aliphatic heterocycles. The quantitative estimate of drug-likeness (QED) is 0.453. The zero-order valence-electron chi connectivity index (χ0n) is 15.6. The lowest BCUT2D eigenvalue weighted by Crippen LogP contribution is -2.21. The van der Waals surface area contributed by atoms with Gasteiger partial charge < -0.3 is 15.1 Å². The zero-order valence-corrected chi connectivity index (χ0v) is 15.6. The number of aliphatic hydroxyl groups is 1. The minimum atomic E-state index is -0.141. The van der Waals surface area contributed by atoms with E-state index in [2.05, 4.69) is 19.9 Å². The van der Waals surface area contributed by atoms with E-state index in [9.17, 15) is 4.79 Å². The predicted octanol–water partition coefficient (Wildman–Crippen LogP) is 3.18. The third kappa shape index (κ3) is 3.60. The van der Waals surface area contributed by atoms with E-state index >= 15 is 0 Å². The molecule has 0 amide bonds. The molecule has 0 unspecified atom stereocenters. The van der Waals surface area contributed by atoms with Gasteiger partial charge in [-0.05, 0) is 42.9 Å². The number of hydrogen-bond acceptors (Lipinski definition) is 4. The molecule has 4 rings (SSSR count). The summed E-state index contributed by atoms with van der Waals surface area (Å²) < 4.78 is 0. The Kier molecular flexibility index (Phi) is 5.06. The van der Waals surface area contributed by atoms with Crippen LogP contribution in [0, 0.1) is 0 Å². The van der Waals surface area contributed by atoms with Gasteiger partial charge in [0.1, 0.15) is 0 Å². The van der Waals surface area contributed by atoms with Crippen LogP contribution in [0.25, 0.3) is 21.8 Å². The molecule has 142 valence electrons. The number of aliphatic imine (C=N–C) groups is 1. The highest BCUT2D eigenvalue weighted by Gasteiger charge is 2.11. The maximum Gasteiger partial charge on any atom is 0.257 e. The van der Waals surface area contributed by atoms with Crippen LogP contribution in [0.15, 0.2) is 64.5 Å². The number of rotatable bonds is 6. The van der Waals surface area contributed by atoms with Gasteiger partial charge in [-0.1, -0.05) is 18.2 Å². The fraction of sp³-hybridized carbons (Fsp3) is 0.182. The molecule has 0 aliphatic carbocycles. The van der Waals surface area contributed by atoms with Crippen molar-refractivity contribution in [3.05, 3.63) is 76.2 Å². The molecule has 0 saturated heterocycles. The number of hydrogen-bond donors (Lipinski definition) is 3. The molecule has 4 aromatic rings. The van der Waals surface area contributed by atoms with Gasteiger partial charge in [0.25, 0.3) is 5.56 Å². The van der Waals surface area contributed by atoms with Gasteiger partial charge in [0.05, 0.1) is 17.9 Å². The summed E-state index contributed by atoms with van der Waals surface area (Å²) in [7, 11) is 1.97. The summed E-state index contributed by atoms with van der Waals surface area (Å²) in [5.41, 5.74) is 4.13. The topological polar surface area (TPSA) is 84.5 Å². The summed E-state index contributed by atoms with van der Waals surface area (Å²) in [6.07, 6.45) is 3.51. The van der Waals surface area contributed by atoms with Crippen molar-refractivity contribution in [1.82, 2.24) is 14.9 Å². The number of aromatic amines is 2. The van der Waals surface area contributed by atoms with Gasteiger partial charge in [-0.2, -0.15) is 0 Å². The van der Waals surface area contributed by atoms with E-state index in [1.54, 1.807) is 6.21 Å². The third-order valence-corrected chi connectivity index (χ3v) is 4.82. The molecule has 0 saturated carbocycles. The predicted molar refractivity (Wildman–Crippen MR) is 114 cm³/mol. The highest BCUT2D eigenvalue weighted by Crippen LogP contribution is 2.24. The summed E-state index contributed by atoms with van der Waals surface area (Å²) >= 11 is 0. The lowest BCUT2D eigenvalue weighted by molar-refractivity contribution is 0.217. The molecule has 6 nitrogen and oxygen atoms in total. The first-order valence-electron chi connectivity index (χ1n) is 9.20. The van der Waals surface area contributed by atoms with Crippen LogP contribution < -0.4 is 5.56 Å². The first kappa shape index (κ1) is 18.2.